The molecule has 4 aromatic rings. The van der Waals surface area contributed by atoms with Gasteiger partial charge in [0.25, 0.3) is 11.8 Å². The Balaban J connectivity index is 1.72. The zero-order valence-corrected chi connectivity index (χ0v) is 25.1. The number of imidazole rings is 1. The van der Waals surface area contributed by atoms with Gasteiger partial charge < -0.3 is 14.6 Å². The Labute approximate surface area is 248 Å². The second kappa shape index (κ2) is 9.60. The highest BCUT2D eigenvalue weighted by Crippen LogP contribution is 2.55. The maximum Gasteiger partial charge on any atom is 0.280 e. The number of carbonyl (C=O) groups excluding carboxylic acids is 2. The summed E-state index contributed by atoms with van der Waals surface area (Å²) in [5.74, 6) is 0.658. The molecule has 0 radical (unpaired) electrons. The van der Waals surface area contributed by atoms with Crippen molar-refractivity contribution < 1.29 is 14.3 Å². The number of rotatable bonds is 5. The lowest BCUT2D eigenvalue weighted by molar-refractivity contribution is -0.119. The molecule has 41 heavy (non-hydrogen) atoms. The van der Waals surface area contributed by atoms with Crippen LogP contribution in [0.4, 0.5) is 11.4 Å². The van der Waals surface area contributed by atoms with E-state index in [1.165, 1.54) is 11.1 Å². The maximum absolute atomic E-state index is 14.5. The third-order valence-corrected chi connectivity index (χ3v) is 8.30. The quantitative estimate of drug-likeness (QED) is 0.267. The van der Waals surface area contributed by atoms with Gasteiger partial charge in [0.2, 0.25) is 0 Å². The topological polar surface area (TPSA) is 89.3 Å². The highest BCUT2D eigenvalue weighted by Gasteiger charge is 2.64. The Morgan fingerprint density at radius 3 is 2.44 bits per heavy atom. The van der Waals surface area contributed by atoms with Crippen molar-refractivity contribution in [1.29, 1.82) is 0 Å². The predicted octanol–water partition coefficient (Wildman–Crippen LogP) is 7.13. The predicted molar refractivity (Wildman–Crippen MR) is 160 cm³/mol. The Morgan fingerprint density at radius 2 is 1.76 bits per heavy atom. The molecule has 8 nitrogen and oxygen atoms in total. The number of amides is 2. The number of fused-ring (bicyclic) bond motifs is 4. The zero-order valence-electron chi connectivity index (χ0n) is 23.5. The number of aromatic nitrogens is 3. The molecule has 2 amide bonds. The molecule has 2 aromatic carbocycles. The van der Waals surface area contributed by atoms with Crippen molar-refractivity contribution in [2.24, 2.45) is 0 Å². The number of ether oxygens (including phenoxy) is 1. The van der Waals surface area contributed by atoms with Crippen molar-refractivity contribution in [2.75, 3.05) is 17.3 Å². The number of pyridine rings is 1. The number of nitrogens with one attached hydrogen (secondary N) is 1. The van der Waals surface area contributed by atoms with E-state index in [0.717, 1.165) is 11.1 Å². The summed E-state index contributed by atoms with van der Waals surface area (Å²) in [5, 5.41) is 3.79. The molecule has 0 saturated heterocycles. The van der Waals surface area contributed by atoms with Crippen LogP contribution in [0.1, 0.15) is 72.7 Å². The first kappa shape index (κ1) is 27.3. The van der Waals surface area contributed by atoms with Crippen LogP contribution < -0.4 is 15.0 Å². The molecule has 2 aliphatic heterocycles. The second-order valence-corrected chi connectivity index (χ2v) is 11.8. The lowest BCUT2D eigenvalue weighted by atomic mass is 9.86. The molecule has 0 fully saturated rings. The van der Waals surface area contributed by atoms with E-state index in [0.29, 0.717) is 55.9 Å². The standard InChI is InChI=1S/C31H29Cl2N5O3/c1-15(2)18-7-9-21(25(11-18)41-6)28-36-26-27(37(28)16(3)4)31(22-10-8-19(32)12-23(22)35-30(31)40)38(29(26)39)24-13-20(33)14-34-17(24)5/h7-16H,1-6H3,(H,35,40). The lowest BCUT2D eigenvalue weighted by Crippen LogP contribution is -2.51. The van der Waals surface area contributed by atoms with Crippen LogP contribution in [-0.4, -0.2) is 33.5 Å². The second-order valence-electron chi connectivity index (χ2n) is 11.0. The van der Waals surface area contributed by atoms with Gasteiger partial charge in [0, 0.05) is 28.5 Å². The van der Waals surface area contributed by atoms with Crippen LogP contribution >= 0.6 is 23.2 Å². The number of anilines is 2. The van der Waals surface area contributed by atoms with Gasteiger partial charge >= 0.3 is 0 Å². The van der Waals surface area contributed by atoms with Crippen LogP contribution in [0.25, 0.3) is 11.4 Å². The van der Waals surface area contributed by atoms with E-state index in [4.69, 9.17) is 32.9 Å². The summed E-state index contributed by atoms with van der Waals surface area (Å²) in [5.41, 5.74) is 3.01. The Kier molecular flexibility index (Phi) is 6.39. The fourth-order valence-electron chi connectivity index (χ4n) is 5.98. The summed E-state index contributed by atoms with van der Waals surface area (Å²) < 4.78 is 7.78. The SMILES string of the molecule is COc1cc(C(C)C)ccc1-c1nc2c(n1C(C)C)C1(C(=O)Nc3cc(Cl)ccc31)N(c1cc(Cl)cnc1C)C2=O. The molecule has 1 N–H and O–H groups in total. The minimum atomic E-state index is -1.58. The van der Waals surface area contributed by atoms with Gasteiger partial charge in [-0.25, -0.2) is 4.98 Å². The highest BCUT2D eigenvalue weighted by atomic mass is 35.5. The summed E-state index contributed by atoms with van der Waals surface area (Å²) in [6.07, 6.45) is 1.51. The normalized spacial score (nSPS) is 17.6. The smallest absolute Gasteiger partial charge is 0.280 e. The van der Waals surface area contributed by atoms with E-state index < -0.39 is 17.4 Å². The molecular formula is C31H29Cl2N5O3. The summed E-state index contributed by atoms with van der Waals surface area (Å²) in [7, 11) is 1.62. The number of benzene rings is 2. The Bertz CT molecular complexity index is 1760. The first-order chi connectivity index (χ1) is 19.5. The van der Waals surface area contributed by atoms with Crippen molar-refractivity contribution in [3.8, 4) is 17.1 Å². The average molecular weight is 591 g/mol. The molecule has 0 saturated carbocycles. The van der Waals surface area contributed by atoms with E-state index in [2.05, 4.69) is 24.1 Å². The highest BCUT2D eigenvalue weighted by molar-refractivity contribution is 6.32. The molecule has 4 heterocycles. The Morgan fingerprint density at radius 1 is 1.00 bits per heavy atom. The molecule has 2 aliphatic rings. The third kappa shape index (κ3) is 3.81. The van der Waals surface area contributed by atoms with Gasteiger partial charge in [-0.3, -0.25) is 19.5 Å². The summed E-state index contributed by atoms with van der Waals surface area (Å²) in [6, 6.07) is 12.7. The molecular weight excluding hydrogens is 561 g/mol. The van der Waals surface area contributed by atoms with Crippen LogP contribution in [0.3, 0.4) is 0 Å². The zero-order chi connectivity index (χ0) is 29.4. The van der Waals surface area contributed by atoms with Crippen molar-refractivity contribution in [3.05, 3.63) is 86.9 Å². The molecule has 1 spiro atoms. The van der Waals surface area contributed by atoms with E-state index in [-0.39, 0.29) is 11.7 Å². The number of carbonyl (C=O) groups is 2. The minimum absolute atomic E-state index is 0.178. The van der Waals surface area contributed by atoms with Crippen molar-refractivity contribution in [2.45, 2.75) is 52.1 Å². The number of halogens is 2. The molecule has 10 heteroatoms. The molecule has 2 aromatic heterocycles. The van der Waals surface area contributed by atoms with Crippen LogP contribution in [0.2, 0.25) is 10.0 Å². The molecule has 1 unspecified atom stereocenters. The average Bonchev–Trinajstić information content (AvgIpc) is 3.53. The van der Waals surface area contributed by atoms with Gasteiger partial charge in [0.05, 0.1) is 34.8 Å². The van der Waals surface area contributed by atoms with Gasteiger partial charge in [0.15, 0.2) is 11.2 Å². The summed E-state index contributed by atoms with van der Waals surface area (Å²) in [4.78, 5) is 39.7. The van der Waals surface area contributed by atoms with E-state index >= 15 is 0 Å². The van der Waals surface area contributed by atoms with Gasteiger partial charge in [-0.2, -0.15) is 0 Å². The molecule has 6 rings (SSSR count). The molecule has 0 bridgehead atoms. The van der Waals surface area contributed by atoms with E-state index in [1.807, 2.05) is 36.6 Å². The van der Waals surface area contributed by atoms with Crippen molar-refractivity contribution in [1.82, 2.24) is 14.5 Å². The van der Waals surface area contributed by atoms with Gasteiger partial charge in [-0.15, -0.1) is 0 Å². The van der Waals surface area contributed by atoms with E-state index in [1.54, 1.807) is 38.3 Å². The number of aryl methyl sites for hydroxylation is 1. The van der Waals surface area contributed by atoms with Crippen molar-refractivity contribution in [3.63, 3.8) is 0 Å². The molecule has 210 valence electrons. The van der Waals surface area contributed by atoms with Crippen LogP contribution in [0.15, 0.2) is 48.7 Å². The Hall–Kier alpha value is -3.88. The number of hydrogen-bond donors (Lipinski definition) is 1. The molecule has 0 aliphatic carbocycles. The fourth-order valence-corrected chi connectivity index (χ4v) is 6.30. The number of nitrogens with zero attached hydrogens (tertiary/aromatic N) is 4. The first-order valence-corrected chi connectivity index (χ1v) is 14.1. The van der Waals surface area contributed by atoms with Gasteiger partial charge in [-0.1, -0.05) is 49.2 Å². The fraction of sp³-hybridized carbons (Fsp3) is 0.290. The van der Waals surface area contributed by atoms with Gasteiger partial charge in [0.1, 0.15) is 11.6 Å². The third-order valence-electron chi connectivity index (χ3n) is 7.86. The monoisotopic (exact) mass is 589 g/mol. The summed E-state index contributed by atoms with van der Waals surface area (Å²) >= 11 is 12.7. The lowest BCUT2D eigenvalue weighted by Gasteiger charge is -2.36. The minimum Gasteiger partial charge on any atom is -0.496 e. The van der Waals surface area contributed by atoms with Crippen molar-refractivity contribution >= 4 is 46.4 Å². The van der Waals surface area contributed by atoms with Crippen LogP contribution in [-0.2, 0) is 10.3 Å². The number of hydrogen-bond acceptors (Lipinski definition) is 5. The number of methoxy groups -OCH3 is 1. The van der Waals surface area contributed by atoms with E-state index in [9.17, 15) is 9.59 Å². The van der Waals surface area contributed by atoms with Crippen LogP contribution in [0.5, 0.6) is 5.75 Å². The van der Waals surface area contributed by atoms with Gasteiger partial charge in [-0.05, 0) is 62.6 Å². The van der Waals surface area contributed by atoms with Crippen LogP contribution in [0, 0.1) is 6.92 Å². The first-order valence-electron chi connectivity index (χ1n) is 13.4. The maximum atomic E-state index is 14.5. The summed E-state index contributed by atoms with van der Waals surface area (Å²) in [6.45, 7) is 10.0. The molecule has 1 atom stereocenters. The largest absolute Gasteiger partial charge is 0.496 e.